The summed E-state index contributed by atoms with van der Waals surface area (Å²) in [5.74, 6) is -1.31. The summed E-state index contributed by atoms with van der Waals surface area (Å²) < 4.78 is 0. The van der Waals surface area contributed by atoms with Gasteiger partial charge in [-0.3, -0.25) is 4.79 Å². The van der Waals surface area contributed by atoms with Crippen LogP contribution in [0.4, 0.5) is 10.5 Å². The first-order valence-corrected chi connectivity index (χ1v) is 11.9. The molecule has 0 bridgehead atoms. The third-order valence-corrected chi connectivity index (χ3v) is 7.46. The maximum Gasteiger partial charge on any atom is 1.00 e. The van der Waals surface area contributed by atoms with Crippen molar-refractivity contribution in [1.82, 2.24) is 14.7 Å². The zero-order valence-corrected chi connectivity index (χ0v) is 20.3. The van der Waals surface area contributed by atoms with Crippen LogP contribution in [0.2, 0.25) is 5.02 Å². The predicted molar refractivity (Wildman–Crippen MR) is 124 cm³/mol. The number of hydrogen-bond donors (Lipinski definition) is 3. The van der Waals surface area contributed by atoms with Crippen molar-refractivity contribution in [2.75, 3.05) is 44.6 Å². The molecule has 0 aromatic heterocycles. The summed E-state index contributed by atoms with van der Waals surface area (Å²) in [6.07, 6.45) is 3.08. The number of nitrogens with one attached hydrogen (secondary N) is 1. The van der Waals surface area contributed by atoms with E-state index in [0.29, 0.717) is 23.8 Å². The number of aliphatic hydroxyl groups excluding tert-OH is 1. The molecular weight excluding hydrogens is 455 g/mol. The number of carboxylic acid groups (broad SMARTS) is 1. The van der Waals surface area contributed by atoms with Crippen LogP contribution in [-0.2, 0) is 9.59 Å². The van der Waals surface area contributed by atoms with Gasteiger partial charge in [-0.25, -0.2) is 9.59 Å². The Morgan fingerprint density at radius 1 is 1.21 bits per heavy atom. The molecule has 34 heavy (non-hydrogen) atoms. The Balaban J connectivity index is 0.00000216. The molecule has 3 amide bonds. The monoisotopic (exact) mass is 486 g/mol. The van der Waals surface area contributed by atoms with E-state index in [1.807, 2.05) is 0 Å². The van der Waals surface area contributed by atoms with Crippen molar-refractivity contribution < 1.29 is 44.9 Å². The average Bonchev–Trinajstić information content (AvgIpc) is 3.57. The molecular formula is C23H32ClLiN4O5. The largest absolute Gasteiger partial charge is 1.00 e. The van der Waals surface area contributed by atoms with Gasteiger partial charge in [-0.05, 0) is 55.8 Å². The predicted octanol–water partition coefficient (Wildman–Crippen LogP) is -0.787. The van der Waals surface area contributed by atoms with Crippen LogP contribution in [0.25, 0.3) is 0 Å². The number of aliphatic hydroxyl groups is 1. The fourth-order valence-corrected chi connectivity index (χ4v) is 5.07. The van der Waals surface area contributed by atoms with Crippen molar-refractivity contribution in [3.63, 3.8) is 0 Å². The van der Waals surface area contributed by atoms with Crippen molar-refractivity contribution in [1.29, 1.82) is 0 Å². The van der Waals surface area contributed by atoms with Crippen LogP contribution < -0.4 is 24.2 Å². The Bertz CT molecular complexity index is 922. The van der Waals surface area contributed by atoms with E-state index in [4.69, 9.17) is 11.6 Å². The third kappa shape index (κ3) is 6.26. The van der Waals surface area contributed by atoms with E-state index in [1.165, 1.54) is 9.80 Å². The van der Waals surface area contributed by atoms with Crippen LogP contribution in [0.5, 0.6) is 0 Å². The van der Waals surface area contributed by atoms with Gasteiger partial charge < -0.3 is 31.7 Å². The number of benzene rings is 1. The van der Waals surface area contributed by atoms with E-state index in [-0.39, 0.29) is 76.2 Å². The van der Waals surface area contributed by atoms with Gasteiger partial charge in [0, 0.05) is 49.9 Å². The van der Waals surface area contributed by atoms with Gasteiger partial charge in [0.05, 0.1) is 6.10 Å². The van der Waals surface area contributed by atoms with E-state index in [2.05, 4.69) is 10.2 Å². The number of rotatable bonds is 6. The first-order valence-electron chi connectivity index (χ1n) is 11.5. The molecule has 2 atom stereocenters. The molecule has 2 saturated heterocycles. The summed E-state index contributed by atoms with van der Waals surface area (Å²) in [7, 11) is 0. The quantitative estimate of drug-likeness (QED) is 0.454. The topological polar surface area (TPSA) is 113 Å². The van der Waals surface area contributed by atoms with Crippen molar-refractivity contribution in [2.24, 2.45) is 5.41 Å². The summed E-state index contributed by atoms with van der Waals surface area (Å²) in [6, 6.07) is 5.49. The molecule has 182 valence electrons. The third-order valence-electron chi connectivity index (χ3n) is 7.23. The van der Waals surface area contributed by atoms with Gasteiger partial charge >= 0.3 is 30.9 Å². The van der Waals surface area contributed by atoms with Crippen LogP contribution in [-0.4, -0.2) is 94.2 Å². The molecule has 1 spiro atoms. The molecule has 1 saturated carbocycles. The van der Waals surface area contributed by atoms with Crippen molar-refractivity contribution in [2.45, 2.75) is 44.2 Å². The van der Waals surface area contributed by atoms with Gasteiger partial charge in [0.25, 0.3) is 0 Å². The molecule has 2 aliphatic heterocycles. The Morgan fingerprint density at radius 3 is 2.62 bits per heavy atom. The molecule has 1 unspecified atom stereocenters. The summed E-state index contributed by atoms with van der Waals surface area (Å²) in [5, 5.41) is 23.5. The maximum absolute atomic E-state index is 12.8. The fraction of sp³-hybridized carbons (Fsp3) is 0.609. The van der Waals surface area contributed by atoms with Crippen LogP contribution in [0, 0.1) is 5.41 Å². The molecule has 3 aliphatic rings. The van der Waals surface area contributed by atoms with Crippen LogP contribution in [0.3, 0.4) is 0 Å². The number of halogens is 1. The molecule has 1 aromatic rings. The zero-order valence-electron chi connectivity index (χ0n) is 20.6. The normalized spacial score (nSPS) is 23.1. The SMILES string of the molecule is O=C(O)C(CCN1CCC2(CC2)[C@H](O)C1)N1CCN(C(=O)Nc2cccc(Cl)c2)CCC1=O.[H-].[Li+]. The average molecular weight is 487 g/mol. The van der Waals surface area contributed by atoms with Crippen LogP contribution in [0.15, 0.2) is 24.3 Å². The molecule has 4 rings (SSSR count). The van der Waals surface area contributed by atoms with Crippen molar-refractivity contribution >= 4 is 35.2 Å². The maximum atomic E-state index is 12.8. The number of hydrogen-bond acceptors (Lipinski definition) is 5. The van der Waals surface area contributed by atoms with E-state index in [9.17, 15) is 24.6 Å². The summed E-state index contributed by atoms with van der Waals surface area (Å²) in [4.78, 5) is 42.5. The Morgan fingerprint density at radius 2 is 1.97 bits per heavy atom. The summed E-state index contributed by atoms with van der Waals surface area (Å²) >= 11 is 5.96. The molecule has 0 radical (unpaired) electrons. The number of amides is 3. The second kappa shape index (κ2) is 11.3. The van der Waals surface area contributed by atoms with Crippen LogP contribution in [0.1, 0.15) is 33.5 Å². The number of β-amino-alcohol motifs (C(OH)–C–C–N with tert-alkyl or cyclic N) is 1. The van der Waals surface area contributed by atoms with Crippen molar-refractivity contribution in [3.8, 4) is 0 Å². The van der Waals surface area contributed by atoms with E-state index in [1.54, 1.807) is 24.3 Å². The van der Waals surface area contributed by atoms with Gasteiger partial charge in [0.2, 0.25) is 5.91 Å². The number of carbonyl (C=O) groups is 3. The van der Waals surface area contributed by atoms with E-state index >= 15 is 0 Å². The van der Waals surface area contributed by atoms with E-state index < -0.39 is 12.0 Å². The standard InChI is InChI=1S/C23H31ClN4O5.Li.H/c24-16-2-1-3-17(14-16)25-22(33)27-10-5-20(30)28(13-12-27)18(21(31)32)4-9-26-11-8-23(6-7-23)19(29)15-26;;/h1-3,14,18-19,29H,4-13,15H2,(H,25,33)(H,31,32);;/q;+1;-1/t18?,19-;;/m1../s1. The Hall–Kier alpha value is -1.76. The van der Waals surface area contributed by atoms with Crippen molar-refractivity contribution in [3.05, 3.63) is 29.3 Å². The van der Waals surface area contributed by atoms with Gasteiger partial charge in [-0.2, -0.15) is 0 Å². The number of nitrogens with zero attached hydrogens (tertiary/aromatic N) is 3. The van der Waals surface area contributed by atoms with Gasteiger partial charge in [-0.1, -0.05) is 17.7 Å². The second-order valence-electron chi connectivity index (χ2n) is 9.34. The summed E-state index contributed by atoms with van der Waals surface area (Å²) in [6.45, 7) is 2.52. The molecule has 1 aromatic carbocycles. The number of carbonyl (C=O) groups excluding carboxylic acids is 2. The minimum atomic E-state index is -1.04. The fourth-order valence-electron chi connectivity index (χ4n) is 4.88. The molecule has 9 nitrogen and oxygen atoms in total. The number of carboxylic acids is 1. The van der Waals surface area contributed by atoms with Gasteiger partial charge in [0.15, 0.2) is 0 Å². The van der Waals surface area contributed by atoms with Gasteiger partial charge in [-0.15, -0.1) is 0 Å². The number of aliphatic carboxylic acids is 1. The second-order valence-corrected chi connectivity index (χ2v) is 9.77. The Labute approximate surface area is 218 Å². The molecule has 3 fully saturated rings. The number of piperidine rings is 1. The molecule has 1 aliphatic carbocycles. The molecule has 11 heteroatoms. The first-order chi connectivity index (χ1) is 15.8. The summed E-state index contributed by atoms with van der Waals surface area (Å²) in [5.41, 5.74) is 0.651. The molecule has 3 N–H and O–H groups in total. The van der Waals surface area contributed by atoms with E-state index in [0.717, 1.165) is 25.8 Å². The number of anilines is 1. The van der Waals surface area contributed by atoms with Gasteiger partial charge in [0.1, 0.15) is 6.04 Å². The zero-order chi connectivity index (χ0) is 23.6. The molecule has 2 heterocycles. The van der Waals surface area contributed by atoms with Crippen LogP contribution >= 0.6 is 11.6 Å². The number of likely N-dealkylation sites (tertiary alicyclic amines) is 1. The minimum Gasteiger partial charge on any atom is -1.00 e. The smallest absolute Gasteiger partial charge is 1.00 e. The Kier molecular flexibility index (Phi) is 8.93. The number of urea groups is 1. The first kappa shape index (κ1) is 26.8. The minimum absolute atomic E-state index is 0.